The molecular weight excluding hydrogens is 256 g/mol. The van der Waals surface area contributed by atoms with Crippen LogP contribution in [-0.2, 0) is 13.1 Å². The van der Waals surface area contributed by atoms with Crippen LogP contribution in [0.15, 0.2) is 12.5 Å². The second-order valence-electron chi connectivity index (χ2n) is 3.72. The number of carbonyl (C=O) groups is 1. The second-order valence-corrected chi connectivity index (χ2v) is 4.12. The van der Waals surface area contributed by atoms with Gasteiger partial charge >= 0.3 is 0 Å². The Balaban J connectivity index is 1.97. The topological polar surface area (TPSA) is 88.5 Å². The number of carbonyl (C=O) groups excluding carboxylic acids is 1. The Bertz CT molecular complexity index is 534. The highest BCUT2D eigenvalue weighted by molar-refractivity contribution is 6.33. The van der Waals surface area contributed by atoms with E-state index in [1.165, 1.54) is 6.20 Å². The minimum Gasteiger partial charge on any atom is -0.343 e. The molecule has 18 heavy (non-hydrogen) atoms. The van der Waals surface area contributed by atoms with Crippen LogP contribution in [0.3, 0.4) is 0 Å². The molecule has 0 spiro atoms. The summed E-state index contributed by atoms with van der Waals surface area (Å²) in [6.45, 7) is 3.18. The summed E-state index contributed by atoms with van der Waals surface area (Å²) in [5.74, 6) is 0.393. The van der Waals surface area contributed by atoms with E-state index in [-0.39, 0.29) is 11.6 Å². The molecule has 1 amide bonds. The molecular formula is C10H13ClN6O. The van der Waals surface area contributed by atoms with Gasteiger partial charge in [0, 0.05) is 6.54 Å². The molecule has 7 nitrogen and oxygen atoms in total. The van der Waals surface area contributed by atoms with Crippen LogP contribution < -0.4 is 5.32 Å². The Morgan fingerprint density at radius 2 is 2.44 bits per heavy atom. The van der Waals surface area contributed by atoms with Gasteiger partial charge in [0.2, 0.25) is 0 Å². The number of aryl methyl sites for hydroxylation is 1. The Hall–Kier alpha value is -1.89. The summed E-state index contributed by atoms with van der Waals surface area (Å²) in [5.41, 5.74) is 0.248. The normalized spacial score (nSPS) is 10.6. The second kappa shape index (κ2) is 5.63. The average molecular weight is 269 g/mol. The van der Waals surface area contributed by atoms with Crippen LogP contribution in [0.5, 0.6) is 0 Å². The summed E-state index contributed by atoms with van der Waals surface area (Å²) in [6.07, 6.45) is 4.01. The molecule has 0 bridgehead atoms. The van der Waals surface area contributed by atoms with Crippen LogP contribution in [0, 0.1) is 0 Å². The number of H-pyrrole nitrogens is 1. The van der Waals surface area contributed by atoms with Crippen molar-refractivity contribution < 1.29 is 4.79 Å². The number of amides is 1. The zero-order valence-electron chi connectivity index (χ0n) is 9.85. The number of nitrogens with zero attached hydrogens (tertiary/aromatic N) is 4. The average Bonchev–Trinajstić information content (AvgIpc) is 2.96. The van der Waals surface area contributed by atoms with Crippen molar-refractivity contribution in [3.8, 4) is 0 Å². The fourth-order valence-electron chi connectivity index (χ4n) is 1.52. The Kier molecular flexibility index (Phi) is 3.93. The van der Waals surface area contributed by atoms with Crippen molar-refractivity contribution in [3.05, 3.63) is 29.1 Å². The number of hydrogen-bond donors (Lipinski definition) is 2. The van der Waals surface area contributed by atoms with Crippen molar-refractivity contribution in [2.45, 2.75) is 26.4 Å². The van der Waals surface area contributed by atoms with Crippen LogP contribution in [0.25, 0.3) is 0 Å². The molecule has 0 saturated carbocycles. The SMILES string of the molecule is CCCn1cnnc1CNC(=O)c1[nH]ncc1Cl. The summed E-state index contributed by atoms with van der Waals surface area (Å²) in [4.78, 5) is 11.8. The molecule has 0 aromatic carbocycles. The molecule has 0 radical (unpaired) electrons. The third-order valence-corrected chi connectivity index (χ3v) is 2.67. The first kappa shape index (κ1) is 12.6. The number of rotatable bonds is 5. The van der Waals surface area contributed by atoms with Crippen LogP contribution in [0.2, 0.25) is 5.02 Å². The third kappa shape index (κ3) is 2.67. The van der Waals surface area contributed by atoms with E-state index < -0.39 is 0 Å². The highest BCUT2D eigenvalue weighted by atomic mass is 35.5. The van der Waals surface area contributed by atoms with Crippen molar-refractivity contribution in [1.29, 1.82) is 0 Å². The minimum absolute atomic E-state index is 0.248. The van der Waals surface area contributed by atoms with Gasteiger partial charge in [0.15, 0.2) is 5.82 Å². The molecule has 0 atom stereocenters. The maximum Gasteiger partial charge on any atom is 0.271 e. The van der Waals surface area contributed by atoms with Crippen molar-refractivity contribution in [2.24, 2.45) is 0 Å². The van der Waals surface area contributed by atoms with E-state index in [4.69, 9.17) is 11.6 Å². The first-order valence-electron chi connectivity index (χ1n) is 5.56. The molecule has 2 heterocycles. The maximum atomic E-state index is 11.8. The van der Waals surface area contributed by atoms with Gasteiger partial charge in [-0.15, -0.1) is 10.2 Å². The fraction of sp³-hybridized carbons (Fsp3) is 0.400. The van der Waals surface area contributed by atoms with Gasteiger partial charge in [0.05, 0.1) is 17.8 Å². The van der Waals surface area contributed by atoms with Gasteiger partial charge in [-0.2, -0.15) is 5.10 Å². The van der Waals surface area contributed by atoms with Crippen LogP contribution in [0.4, 0.5) is 0 Å². The molecule has 2 aromatic rings. The summed E-state index contributed by atoms with van der Waals surface area (Å²) >= 11 is 5.79. The molecule has 0 fully saturated rings. The minimum atomic E-state index is -0.316. The molecule has 8 heteroatoms. The van der Waals surface area contributed by atoms with E-state index in [1.54, 1.807) is 6.33 Å². The molecule has 2 aromatic heterocycles. The van der Waals surface area contributed by atoms with Crippen LogP contribution in [0.1, 0.15) is 29.7 Å². The number of aromatic nitrogens is 5. The predicted octanol–water partition coefficient (Wildman–Crippen LogP) is 0.995. The number of hydrogen-bond acceptors (Lipinski definition) is 4. The van der Waals surface area contributed by atoms with Gasteiger partial charge in [-0.1, -0.05) is 18.5 Å². The molecule has 0 aliphatic carbocycles. The lowest BCUT2D eigenvalue weighted by molar-refractivity contribution is 0.0944. The molecule has 0 aliphatic heterocycles. The molecule has 0 aliphatic rings. The van der Waals surface area contributed by atoms with E-state index in [1.807, 2.05) is 4.57 Å². The largest absolute Gasteiger partial charge is 0.343 e. The van der Waals surface area contributed by atoms with Crippen molar-refractivity contribution in [2.75, 3.05) is 0 Å². The van der Waals surface area contributed by atoms with Crippen molar-refractivity contribution in [1.82, 2.24) is 30.3 Å². The van der Waals surface area contributed by atoms with Crippen LogP contribution >= 0.6 is 11.6 Å². The molecule has 96 valence electrons. The van der Waals surface area contributed by atoms with E-state index in [0.29, 0.717) is 17.4 Å². The highest BCUT2D eigenvalue weighted by Gasteiger charge is 2.13. The molecule has 2 N–H and O–H groups in total. The monoisotopic (exact) mass is 268 g/mol. The lowest BCUT2D eigenvalue weighted by Gasteiger charge is -2.05. The van der Waals surface area contributed by atoms with Gasteiger partial charge in [-0.3, -0.25) is 9.89 Å². The molecule has 0 unspecified atom stereocenters. The zero-order valence-corrected chi connectivity index (χ0v) is 10.6. The first-order chi connectivity index (χ1) is 8.72. The number of nitrogens with one attached hydrogen (secondary N) is 2. The Morgan fingerprint density at radius 3 is 3.11 bits per heavy atom. The van der Waals surface area contributed by atoms with Gasteiger partial charge in [-0.25, -0.2) is 0 Å². The lowest BCUT2D eigenvalue weighted by atomic mass is 10.4. The summed E-state index contributed by atoms with van der Waals surface area (Å²) < 4.78 is 1.90. The Labute approximate surface area is 109 Å². The highest BCUT2D eigenvalue weighted by Crippen LogP contribution is 2.11. The standard InChI is InChI=1S/C10H13ClN6O/c1-2-3-17-6-14-15-8(17)5-12-10(18)9-7(11)4-13-16-9/h4,6H,2-3,5H2,1H3,(H,12,18)(H,13,16). The lowest BCUT2D eigenvalue weighted by Crippen LogP contribution is -2.25. The Morgan fingerprint density at radius 1 is 1.61 bits per heavy atom. The van der Waals surface area contributed by atoms with Gasteiger partial charge in [-0.05, 0) is 6.42 Å². The van der Waals surface area contributed by atoms with Crippen molar-refractivity contribution >= 4 is 17.5 Å². The smallest absolute Gasteiger partial charge is 0.271 e. The summed E-state index contributed by atoms with van der Waals surface area (Å²) in [6, 6.07) is 0. The zero-order chi connectivity index (χ0) is 13.0. The predicted molar refractivity (Wildman–Crippen MR) is 65.1 cm³/mol. The maximum absolute atomic E-state index is 11.8. The fourth-order valence-corrected chi connectivity index (χ4v) is 1.70. The summed E-state index contributed by atoms with van der Waals surface area (Å²) in [5, 5.41) is 17.0. The molecule has 0 saturated heterocycles. The molecule has 2 rings (SSSR count). The van der Waals surface area contributed by atoms with E-state index >= 15 is 0 Å². The van der Waals surface area contributed by atoms with Crippen molar-refractivity contribution in [3.63, 3.8) is 0 Å². The summed E-state index contributed by atoms with van der Waals surface area (Å²) in [7, 11) is 0. The van der Waals surface area contributed by atoms with Gasteiger partial charge in [0.1, 0.15) is 12.0 Å². The number of halogens is 1. The third-order valence-electron chi connectivity index (χ3n) is 2.39. The quantitative estimate of drug-likeness (QED) is 0.846. The van der Waals surface area contributed by atoms with E-state index in [2.05, 4.69) is 32.6 Å². The first-order valence-corrected chi connectivity index (χ1v) is 5.94. The van der Waals surface area contributed by atoms with E-state index in [0.717, 1.165) is 13.0 Å². The van der Waals surface area contributed by atoms with Gasteiger partial charge in [0.25, 0.3) is 5.91 Å². The van der Waals surface area contributed by atoms with Gasteiger partial charge < -0.3 is 9.88 Å². The van der Waals surface area contributed by atoms with E-state index in [9.17, 15) is 4.79 Å². The van der Waals surface area contributed by atoms with Crippen LogP contribution in [-0.4, -0.2) is 30.9 Å². The number of aromatic amines is 1.